The molecule has 2 heteroatoms. The van der Waals surface area contributed by atoms with Crippen LogP contribution in [0.25, 0.3) is 0 Å². The molecule has 1 atom stereocenters. The fraction of sp³-hybridized carbons (Fsp3) is 0.684. The zero-order valence-corrected chi connectivity index (χ0v) is 13.9. The van der Waals surface area contributed by atoms with Crippen molar-refractivity contribution in [2.75, 3.05) is 26.2 Å². The third kappa shape index (κ3) is 5.80. The van der Waals surface area contributed by atoms with E-state index < -0.39 is 0 Å². The molecule has 1 aliphatic rings. The first-order valence-electron chi connectivity index (χ1n) is 8.82. The number of rotatable bonds is 8. The Morgan fingerprint density at radius 3 is 2.57 bits per heavy atom. The second-order valence-corrected chi connectivity index (χ2v) is 6.47. The lowest BCUT2D eigenvalue weighted by Crippen LogP contribution is -2.34. The Balaban J connectivity index is 1.76. The van der Waals surface area contributed by atoms with Gasteiger partial charge in [0, 0.05) is 13.1 Å². The van der Waals surface area contributed by atoms with Crippen LogP contribution in [0, 0.1) is 5.92 Å². The van der Waals surface area contributed by atoms with Gasteiger partial charge < -0.3 is 5.32 Å². The third-order valence-corrected chi connectivity index (χ3v) is 4.63. The van der Waals surface area contributed by atoms with E-state index in [0.717, 1.165) is 32.0 Å². The SMILES string of the molecule is CCCNCCc1ccc(CN2CCCC(CC)C2)cc1. The van der Waals surface area contributed by atoms with Gasteiger partial charge in [-0.25, -0.2) is 0 Å². The van der Waals surface area contributed by atoms with Gasteiger partial charge in [0.2, 0.25) is 0 Å². The van der Waals surface area contributed by atoms with Crippen LogP contribution < -0.4 is 5.32 Å². The number of piperidine rings is 1. The Hall–Kier alpha value is -0.860. The topological polar surface area (TPSA) is 15.3 Å². The lowest BCUT2D eigenvalue weighted by atomic mass is 9.95. The van der Waals surface area contributed by atoms with Gasteiger partial charge in [0.15, 0.2) is 0 Å². The molecule has 118 valence electrons. The van der Waals surface area contributed by atoms with E-state index in [9.17, 15) is 0 Å². The number of hydrogen-bond donors (Lipinski definition) is 1. The molecule has 0 amide bonds. The molecule has 1 fully saturated rings. The summed E-state index contributed by atoms with van der Waals surface area (Å²) >= 11 is 0. The summed E-state index contributed by atoms with van der Waals surface area (Å²) < 4.78 is 0. The summed E-state index contributed by atoms with van der Waals surface area (Å²) in [6.07, 6.45) is 6.49. The van der Waals surface area contributed by atoms with Crippen LogP contribution in [0.2, 0.25) is 0 Å². The van der Waals surface area contributed by atoms with Crippen LogP contribution in [-0.4, -0.2) is 31.1 Å². The Bertz CT molecular complexity index is 385. The molecule has 1 N–H and O–H groups in total. The van der Waals surface area contributed by atoms with E-state index in [1.165, 1.54) is 49.9 Å². The van der Waals surface area contributed by atoms with E-state index >= 15 is 0 Å². The second-order valence-electron chi connectivity index (χ2n) is 6.47. The molecule has 1 aliphatic heterocycles. The molecular formula is C19H32N2. The van der Waals surface area contributed by atoms with Crippen LogP contribution in [0.3, 0.4) is 0 Å². The molecule has 1 aromatic carbocycles. The largest absolute Gasteiger partial charge is 0.316 e. The second kappa shape index (κ2) is 9.22. The average molecular weight is 288 g/mol. The summed E-state index contributed by atoms with van der Waals surface area (Å²) in [5.41, 5.74) is 2.92. The molecule has 1 heterocycles. The summed E-state index contributed by atoms with van der Waals surface area (Å²) in [5, 5.41) is 3.47. The van der Waals surface area contributed by atoms with Crippen molar-refractivity contribution in [3.63, 3.8) is 0 Å². The maximum absolute atomic E-state index is 3.47. The number of benzene rings is 1. The highest BCUT2D eigenvalue weighted by atomic mass is 15.1. The molecule has 2 rings (SSSR count). The Kier molecular flexibility index (Phi) is 7.25. The lowest BCUT2D eigenvalue weighted by Gasteiger charge is -2.32. The minimum absolute atomic E-state index is 0.919. The predicted molar refractivity (Wildman–Crippen MR) is 91.6 cm³/mol. The molecule has 0 aromatic heterocycles. The number of nitrogens with one attached hydrogen (secondary N) is 1. The van der Waals surface area contributed by atoms with Gasteiger partial charge in [-0.05, 0) is 62.4 Å². The molecule has 0 bridgehead atoms. The van der Waals surface area contributed by atoms with Crippen LogP contribution >= 0.6 is 0 Å². The summed E-state index contributed by atoms with van der Waals surface area (Å²) in [5.74, 6) is 0.919. The minimum Gasteiger partial charge on any atom is -0.316 e. The third-order valence-electron chi connectivity index (χ3n) is 4.63. The molecule has 0 spiro atoms. The smallest absolute Gasteiger partial charge is 0.0233 e. The Labute approximate surface area is 130 Å². The normalized spacial score (nSPS) is 19.8. The Morgan fingerprint density at radius 2 is 1.86 bits per heavy atom. The van der Waals surface area contributed by atoms with Crippen molar-refractivity contribution in [1.82, 2.24) is 10.2 Å². The van der Waals surface area contributed by atoms with E-state index in [0.29, 0.717) is 0 Å². The Morgan fingerprint density at radius 1 is 1.10 bits per heavy atom. The monoisotopic (exact) mass is 288 g/mol. The van der Waals surface area contributed by atoms with Gasteiger partial charge in [-0.1, -0.05) is 44.5 Å². The highest BCUT2D eigenvalue weighted by molar-refractivity contribution is 5.22. The van der Waals surface area contributed by atoms with Gasteiger partial charge in [-0.2, -0.15) is 0 Å². The molecule has 21 heavy (non-hydrogen) atoms. The molecule has 1 saturated heterocycles. The van der Waals surface area contributed by atoms with E-state index in [2.05, 4.69) is 48.3 Å². The molecule has 0 aliphatic carbocycles. The van der Waals surface area contributed by atoms with Crippen LogP contribution in [0.15, 0.2) is 24.3 Å². The van der Waals surface area contributed by atoms with Gasteiger partial charge in [0.25, 0.3) is 0 Å². The van der Waals surface area contributed by atoms with Crippen molar-refractivity contribution in [3.8, 4) is 0 Å². The molecular weight excluding hydrogens is 256 g/mol. The van der Waals surface area contributed by atoms with Gasteiger partial charge in [-0.15, -0.1) is 0 Å². The summed E-state index contributed by atoms with van der Waals surface area (Å²) in [6, 6.07) is 9.27. The highest BCUT2D eigenvalue weighted by Crippen LogP contribution is 2.20. The van der Waals surface area contributed by atoms with E-state index in [1.807, 2.05) is 0 Å². The average Bonchev–Trinajstić information content (AvgIpc) is 2.53. The predicted octanol–water partition coefficient (Wildman–Crippen LogP) is 3.85. The van der Waals surface area contributed by atoms with E-state index in [-0.39, 0.29) is 0 Å². The van der Waals surface area contributed by atoms with Gasteiger partial charge >= 0.3 is 0 Å². The fourth-order valence-corrected chi connectivity index (χ4v) is 3.23. The van der Waals surface area contributed by atoms with Crippen molar-refractivity contribution in [1.29, 1.82) is 0 Å². The molecule has 1 unspecified atom stereocenters. The van der Waals surface area contributed by atoms with Crippen LogP contribution in [0.4, 0.5) is 0 Å². The maximum atomic E-state index is 3.47. The van der Waals surface area contributed by atoms with Gasteiger partial charge in [0.1, 0.15) is 0 Å². The zero-order chi connectivity index (χ0) is 14.9. The number of nitrogens with zero attached hydrogens (tertiary/aromatic N) is 1. The van der Waals surface area contributed by atoms with Crippen molar-refractivity contribution in [3.05, 3.63) is 35.4 Å². The number of likely N-dealkylation sites (tertiary alicyclic amines) is 1. The van der Waals surface area contributed by atoms with Gasteiger partial charge in [-0.3, -0.25) is 4.90 Å². The zero-order valence-electron chi connectivity index (χ0n) is 13.9. The molecule has 2 nitrogen and oxygen atoms in total. The molecule has 0 saturated carbocycles. The van der Waals surface area contributed by atoms with Crippen molar-refractivity contribution in [2.45, 2.75) is 52.5 Å². The van der Waals surface area contributed by atoms with Crippen molar-refractivity contribution >= 4 is 0 Å². The standard InChI is InChI=1S/C19H32N2/c1-3-12-20-13-11-18-7-9-19(10-8-18)16-21-14-5-6-17(4-2)15-21/h7-10,17,20H,3-6,11-16H2,1-2H3. The summed E-state index contributed by atoms with van der Waals surface area (Å²) in [4.78, 5) is 2.63. The molecule has 1 aromatic rings. The summed E-state index contributed by atoms with van der Waals surface area (Å²) in [6.45, 7) is 10.5. The fourth-order valence-electron chi connectivity index (χ4n) is 3.23. The van der Waals surface area contributed by atoms with E-state index in [1.54, 1.807) is 0 Å². The van der Waals surface area contributed by atoms with Crippen molar-refractivity contribution < 1.29 is 0 Å². The quantitative estimate of drug-likeness (QED) is 0.731. The van der Waals surface area contributed by atoms with Crippen molar-refractivity contribution in [2.24, 2.45) is 5.92 Å². The maximum Gasteiger partial charge on any atom is 0.0233 e. The number of hydrogen-bond acceptors (Lipinski definition) is 2. The van der Waals surface area contributed by atoms with Gasteiger partial charge in [0.05, 0.1) is 0 Å². The molecule has 0 radical (unpaired) electrons. The lowest BCUT2D eigenvalue weighted by molar-refractivity contribution is 0.165. The van der Waals surface area contributed by atoms with Crippen LogP contribution in [0.5, 0.6) is 0 Å². The van der Waals surface area contributed by atoms with Crippen LogP contribution in [-0.2, 0) is 13.0 Å². The first-order chi connectivity index (χ1) is 10.3. The minimum atomic E-state index is 0.919. The van der Waals surface area contributed by atoms with E-state index in [4.69, 9.17) is 0 Å². The first-order valence-corrected chi connectivity index (χ1v) is 8.82. The first kappa shape index (κ1) is 16.5. The summed E-state index contributed by atoms with van der Waals surface area (Å²) in [7, 11) is 0. The van der Waals surface area contributed by atoms with Crippen LogP contribution in [0.1, 0.15) is 50.7 Å². The highest BCUT2D eigenvalue weighted by Gasteiger charge is 2.18.